The van der Waals surface area contributed by atoms with Crippen LogP contribution in [0.2, 0.25) is 5.02 Å². The van der Waals surface area contributed by atoms with Crippen LogP contribution in [0.1, 0.15) is 24.1 Å². The summed E-state index contributed by atoms with van der Waals surface area (Å²) in [5.74, 6) is 0. The summed E-state index contributed by atoms with van der Waals surface area (Å²) in [7, 11) is -7.24. The van der Waals surface area contributed by atoms with Gasteiger partial charge in [0, 0.05) is 17.3 Å². The van der Waals surface area contributed by atoms with Crippen LogP contribution in [0, 0.1) is 0 Å². The van der Waals surface area contributed by atoms with Gasteiger partial charge < -0.3 is 0 Å². The van der Waals surface area contributed by atoms with Crippen molar-refractivity contribution in [2.24, 2.45) is 0 Å². The molecule has 1 atom stereocenters. The van der Waals surface area contributed by atoms with E-state index in [1.165, 1.54) is 24.3 Å². The van der Waals surface area contributed by atoms with Gasteiger partial charge in [0.2, 0.25) is 10.0 Å². The Balaban J connectivity index is 1.60. The molecule has 4 aromatic rings. The number of nitrogens with one attached hydrogen (secondary N) is 1. The number of hydrogen-bond donors (Lipinski definition) is 1. The van der Waals surface area contributed by atoms with E-state index in [-0.39, 0.29) is 21.2 Å². The summed E-state index contributed by atoms with van der Waals surface area (Å²) >= 11 is 7.20. The van der Waals surface area contributed by atoms with Crippen LogP contribution in [0.5, 0.6) is 0 Å². The highest BCUT2D eigenvalue weighted by Crippen LogP contribution is 2.25. The van der Waals surface area contributed by atoms with Crippen LogP contribution in [0.15, 0.2) is 81.3 Å². The smallest absolute Gasteiger partial charge is 0.294 e. The van der Waals surface area contributed by atoms with Crippen molar-refractivity contribution in [2.45, 2.75) is 29.3 Å². The molecule has 1 aromatic heterocycles. The Morgan fingerprint density at radius 1 is 0.971 bits per heavy atom. The SMILES string of the molecule is C[C@@H](NS(=O)(=O)c1ccc2c(c1)sc(=O)n2Cc1ccccc1Cl)c1ccc(S(C)(=O)=O)cc1. The quantitative estimate of drug-likeness (QED) is 0.381. The van der Waals surface area contributed by atoms with E-state index >= 15 is 0 Å². The van der Waals surface area contributed by atoms with Crippen molar-refractivity contribution in [2.75, 3.05) is 6.26 Å². The monoisotopic (exact) mass is 536 g/mol. The molecule has 178 valence electrons. The lowest BCUT2D eigenvalue weighted by molar-refractivity contribution is 0.566. The van der Waals surface area contributed by atoms with E-state index in [0.717, 1.165) is 23.2 Å². The van der Waals surface area contributed by atoms with Gasteiger partial charge in [0.05, 0.1) is 26.6 Å². The molecule has 0 aliphatic rings. The minimum Gasteiger partial charge on any atom is -0.294 e. The minimum absolute atomic E-state index is 0.0331. The van der Waals surface area contributed by atoms with Crippen molar-refractivity contribution in [3.8, 4) is 0 Å². The molecular formula is C23H21ClN2O5S3. The summed E-state index contributed by atoms with van der Waals surface area (Å²) in [6.45, 7) is 1.95. The van der Waals surface area contributed by atoms with E-state index in [1.807, 2.05) is 18.2 Å². The fourth-order valence-corrected chi connectivity index (χ4v) is 6.62. The van der Waals surface area contributed by atoms with Crippen molar-refractivity contribution >= 4 is 53.0 Å². The first-order chi connectivity index (χ1) is 16.0. The Hall–Kier alpha value is -2.50. The molecule has 0 saturated carbocycles. The first kappa shape index (κ1) is 24.6. The van der Waals surface area contributed by atoms with Crippen LogP contribution in [-0.4, -0.2) is 27.7 Å². The van der Waals surface area contributed by atoms with E-state index in [4.69, 9.17) is 11.6 Å². The van der Waals surface area contributed by atoms with Crippen LogP contribution >= 0.6 is 22.9 Å². The molecule has 0 unspecified atom stereocenters. The summed E-state index contributed by atoms with van der Waals surface area (Å²) in [6.07, 6.45) is 1.11. The summed E-state index contributed by atoms with van der Waals surface area (Å²) in [5, 5.41) is 0.552. The first-order valence-electron chi connectivity index (χ1n) is 10.1. The Bertz CT molecular complexity index is 1640. The van der Waals surface area contributed by atoms with Crippen LogP contribution in [-0.2, 0) is 26.4 Å². The Labute approximate surface area is 206 Å². The third kappa shape index (κ3) is 5.11. The molecular weight excluding hydrogens is 516 g/mol. The van der Waals surface area contributed by atoms with Crippen LogP contribution in [0.25, 0.3) is 10.2 Å². The van der Waals surface area contributed by atoms with E-state index in [0.29, 0.717) is 20.8 Å². The number of aromatic nitrogens is 1. The molecule has 1 heterocycles. The predicted octanol–water partition coefficient (Wildman–Crippen LogP) is 4.21. The highest BCUT2D eigenvalue weighted by atomic mass is 35.5. The molecule has 0 saturated heterocycles. The number of sulfone groups is 1. The molecule has 4 rings (SSSR count). The topological polar surface area (TPSA) is 102 Å². The third-order valence-electron chi connectivity index (χ3n) is 5.38. The van der Waals surface area contributed by atoms with Crippen molar-refractivity contribution < 1.29 is 16.8 Å². The van der Waals surface area contributed by atoms with E-state index in [1.54, 1.807) is 35.8 Å². The average Bonchev–Trinajstić information content (AvgIpc) is 3.09. The van der Waals surface area contributed by atoms with Gasteiger partial charge in [-0.25, -0.2) is 21.6 Å². The number of nitrogens with zero attached hydrogens (tertiary/aromatic N) is 1. The maximum absolute atomic E-state index is 13.0. The number of halogens is 1. The van der Waals surface area contributed by atoms with Gasteiger partial charge in [-0.3, -0.25) is 9.36 Å². The van der Waals surface area contributed by atoms with Gasteiger partial charge in [0.15, 0.2) is 9.84 Å². The second-order valence-electron chi connectivity index (χ2n) is 7.86. The average molecular weight is 537 g/mol. The normalized spacial score (nSPS) is 13.3. The molecule has 0 aliphatic heterocycles. The van der Waals surface area contributed by atoms with Gasteiger partial charge in [-0.1, -0.05) is 53.3 Å². The largest absolute Gasteiger partial charge is 0.308 e. The molecule has 3 aromatic carbocycles. The summed E-state index contributed by atoms with van der Waals surface area (Å²) < 4.78 is 54.0. The lowest BCUT2D eigenvalue weighted by Crippen LogP contribution is -2.26. The van der Waals surface area contributed by atoms with Gasteiger partial charge >= 0.3 is 4.87 Å². The molecule has 34 heavy (non-hydrogen) atoms. The number of benzene rings is 3. The zero-order valence-corrected chi connectivity index (χ0v) is 21.4. The minimum atomic E-state index is -3.90. The Kier molecular flexibility index (Phi) is 6.71. The zero-order chi connectivity index (χ0) is 24.7. The summed E-state index contributed by atoms with van der Waals surface area (Å²) in [4.78, 5) is 12.6. The van der Waals surface area contributed by atoms with E-state index < -0.39 is 25.9 Å². The molecule has 0 spiro atoms. The van der Waals surface area contributed by atoms with Crippen LogP contribution < -0.4 is 9.60 Å². The molecule has 0 amide bonds. The van der Waals surface area contributed by atoms with E-state index in [2.05, 4.69) is 4.72 Å². The van der Waals surface area contributed by atoms with Crippen LogP contribution in [0.4, 0.5) is 0 Å². The fraction of sp³-hybridized carbons (Fsp3) is 0.174. The van der Waals surface area contributed by atoms with Crippen molar-refractivity contribution in [3.63, 3.8) is 0 Å². The van der Waals surface area contributed by atoms with Crippen molar-refractivity contribution in [1.82, 2.24) is 9.29 Å². The summed E-state index contributed by atoms with van der Waals surface area (Å²) in [5.41, 5.74) is 2.03. The number of sulfonamides is 1. The van der Waals surface area contributed by atoms with Crippen molar-refractivity contribution in [1.29, 1.82) is 0 Å². The Morgan fingerprint density at radius 2 is 1.62 bits per heavy atom. The second-order valence-corrected chi connectivity index (χ2v) is 13.0. The summed E-state index contributed by atoms with van der Waals surface area (Å²) in [6, 6.07) is 17.2. The van der Waals surface area contributed by atoms with Crippen LogP contribution in [0.3, 0.4) is 0 Å². The molecule has 0 aliphatic carbocycles. The maximum Gasteiger partial charge on any atom is 0.308 e. The highest BCUT2D eigenvalue weighted by molar-refractivity contribution is 7.90. The number of rotatable bonds is 7. The van der Waals surface area contributed by atoms with E-state index in [9.17, 15) is 21.6 Å². The fourth-order valence-electron chi connectivity index (χ4n) is 3.53. The standard InChI is InChI=1S/C23H21ClN2O5S3/c1-15(16-7-9-18(10-8-16)33(2,28)29)25-34(30,31)19-11-12-21-22(13-19)32-23(27)26(21)14-17-5-3-4-6-20(17)24/h3-13,15,25H,14H2,1-2H3/t15-/m1/s1. The van der Waals surface area contributed by atoms with Crippen molar-refractivity contribution in [3.05, 3.63) is 92.5 Å². The number of hydrogen-bond acceptors (Lipinski definition) is 6. The third-order valence-corrected chi connectivity index (χ3v) is 9.35. The molecule has 11 heteroatoms. The van der Waals surface area contributed by atoms with Gasteiger partial charge in [-0.2, -0.15) is 0 Å². The maximum atomic E-state index is 13.0. The highest BCUT2D eigenvalue weighted by Gasteiger charge is 2.21. The first-order valence-corrected chi connectivity index (χ1v) is 14.7. The molecule has 0 fully saturated rings. The number of thiazole rings is 1. The van der Waals surface area contributed by atoms with Gasteiger partial charge in [0.25, 0.3) is 0 Å². The molecule has 7 nitrogen and oxygen atoms in total. The predicted molar refractivity (Wildman–Crippen MR) is 135 cm³/mol. The number of fused-ring (bicyclic) bond motifs is 1. The zero-order valence-electron chi connectivity index (χ0n) is 18.2. The van der Waals surface area contributed by atoms with Gasteiger partial charge in [0.1, 0.15) is 0 Å². The molecule has 0 bridgehead atoms. The lowest BCUT2D eigenvalue weighted by Gasteiger charge is -2.15. The molecule has 1 N–H and O–H groups in total. The lowest BCUT2D eigenvalue weighted by atomic mass is 10.1. The second kappa shape index (κ2) is 9.27. The Morgan fingerprint density at radius 3 is 2.26 bits per heavy atom. The van der Waals surface area contributed by atoms with Gasteiger partial charge in [-0.15, -0.1) is 0 Å². The molecule has 0 radical (unpaired) electrons. The van der Waals surface area contributed by atoms with Gasteiger partial charge in [-0.05, 0) is 54.4 Å².